The molecule has 0 atom stereocenters. The van der Waals surface area contributed by atoms with Gasteiger partial charge in [0.15, 0.2) is 3.83 Å². The van der Waals surface area contributed by atoms with Gasteiger partial charge in [-0.3, -0.25) is 0 Å². The van der Waals surface area contributed by atoms with E-state index in [-0.39, 0.29) is 0 Å². The average molecular weight is 362 g/mol. The zero-order chi connectivity index (χ0) is 7.56. The number of aromatic nitrogens is 2. The number of nitrogens with zero attached hydrogens (tertiary/aromatic N) is 2. The minimum atomic E-state index is 1.08. The summed E-state index contributed by atoms with van der Waals surface area (Å²) in [6.45, 7) is 3.25. The summed E-state index contributed by atoms with van der Waals surface area (Å²) in [6.07, 6.45) is 3.24. The first-order chi connectivity index (χ1) is 4.74. The van der Waals surface area contributed by atoms with Crippen LogP contribution in [-0.2, 0) is 6.54 Å². The molecule has 1 heterocycles. The summed E-state index contributed by atoms with van der Waals surface area (Å²) in [4.78, 5) is 4.27. The van der Waals surface area contributed by atoms with Gasteiger partial charge in [0.2, 0.25) is 0 Å². The second kappa shape index (κ2) is 3.89. The Balaban J connectivity index is 2.81. The molecule has 0 bridgehead atoms. The molecule has 0 aliphatic carbocycles. The van der Waals surface area contributed by atoms with Crippen LogP contribution in [0.25, 0.3) is 0 Å². The maximum absolute atomic E-state index is 4.27. The summed E-state index contributed by atoms with van der Waals surface area (Å²) in [5.41, 5.74) is 0. The highest BCUT2D eigenvalue weighted by molar-refractivity contribution is 14.1. The predicted molar refractivity (Wildman–Crippen MR) is 58.0 cm³/mol. The third-order valence-corrected chi connectivity index (χ3v) is 2.54. The molecule has 2 nitrogen and oxygen atoms in total. The van der Waals surface area contributed by atoms with E-state index in [4.69, 9.17) is 0 Å². The molecule has 0 spiro atoms. The van der Waals surface area contributed by atoms with E-state index < -0.39 is 0 Å². The Bertz CT molecular complexity index is 220. The van der Waals surface area contributed by atoms with Crippen LogP contribution in [0.2, 0.25) is 0 Å². The summed E-state index contributed by atoms with van der Waals surface area (Å²) in [5, 5.41) is 0. The summed E-state index contributed by atoms with van der Waals surface area (Å²) < 4.78 is 4.34. The molecule has 10 heavy (non-hydrogen) atoms. The summed E-state index contributed by atoms with van der Waals surface area (Å²) in [7, 11) is 0. The van der Waals surface area contributed by atoms with E-state index in [2.05, 4.69) is 67.9 Å². The van der Waals surface area contributed by atoms with Crippen LogP contribution in [0.15, 0.2) is 6.20 Å². The second-order valence-electron chi connectivity index (χ2n) is 2.03. The van der Waals surface area contributed by atoms with E-state index in [9.17, 15) is 0 Å². The van der Waals surface area contributed by atoms with Gasteiger partial charge in [-0.25, -0.2) is 4.98 Å². The van der Waals surface area contributed by atoms with Crippen molar-refractivity contribution in [3.05, 3.63) is 13.7 Å². The highest BCUT2D eigenvalue weighted by Gasteiger charge is 1.99. The largest absolute Gasteiger partial charge is 0.325 e. The van der Waals surface area contributed by atoms with Crippen molar-refractivity contribution in [3.8, 4) is 0 Å². The molecule has 0 radical (unpaired) electrons. The Kier molecular flexibility index (Phi) is 3.41. The van der Waals surface area contributed by atoms with E-state index in [0.29, 0.717) is 0 Å². The highest BCUT2D eigenvalue weighted by Crippen LogP contribution is 2.08. The van der Waals surface area contributed by atoms with Crippen LogP contribution in [0.4, 0.5) is 0 Å². The molecule has 0 saturated heterocycles. The van der Waals surface area contributed by atoms with Crippen LogP contribution in [0.1, 0.15) is 13.3 Å². The van der Waals surface area contributed by atoms with Crippen molar-refractivity contribution in [1.82, 2.24) is 9.55 Å². The van der Waals surface area contributed by atoms with Crippen molar-refractivity contribution in [3.63, 3.8) is 0 Å². The second-order valence-corrected chi connectivity index (χ2v) is 4.10. The number of aryl methyl sites for hydroxylation is 1. The average Bonchev–Trinajstić information content (AvgIpc) is 2.13. The van der Waals surface area contributed by atoms with Gasteiger partial charge in [0.25, 0.3) is 0 Å². The van der Waals surface area contributed by atoms with Gasteiger partial charge in [-0.15, -0.1) is 0 Å². The molecule has 0 saturated carbocycles. The quantitative estimate of drug-likeness (QED) is 0.740. The van der Waals surface area contributed by atoms with Gasteiger partial charge < -0.3 is 4.57 Å². The first-order valence-corrected chi connectivity index (χ1v) is 5.28. The maximum Gasteiger partial charge on any atom is 0.172 e. The molecule has 0 fully saturated rings. The molecule has 4 heteroatoms. The fraction of sp³-hybridized carbons (Fsp3) is 0.500. The summed E-state index contributed by atoms with van der Waals surface area (Å²) in [5.74, 6) is 0. The van der Waals surface area contributed by atoms with Crippen LogP contribution in [0, 0.1) is 7.53 Å². The van der Waals surface area contributed by atoms with Crippen LogP contribution in [-0.4, -0.2) is 9.55 Å². The molecular formula is C6H8I2N2. The van der Waals surface area contributed by atoms with Gasteiger partial charge in [-0.05, 0) is 51.6 Å². The molecule has 1 aromatic heterocycles. The Morgan fingerprint density at radius 1 is 1.60 bits per heavy atom. The molecule has 0 amide bonds. The van der Waals surface area contributed by atoms with Gasteiger partial charge >= 0.3 is 0 Å². The van der Waals surface area contributed by atoms with Crippen LogP contribution < -0.4 is 0 Å². The van der Waals surface area contributed by atoms with Crippen molar-refractivity contribution >= 4 is 45.2 Å². The van der Waals surface area contributed by atoms with Crippen molar-refractivity contribution in [2.75, 3.05) is 0 Å². The molecule has 56 valence electrons. The van der Waals surface area contributed by atoms with Gasteiger partial charge in [0.05, 0.1) is 0 Å². The van der Waals surface area contributed by atoms with E-state index in [0.717, 1.165) is 14.1 Å². The number of imidazole rings is 1. The molecular weight excluding hydrogens is 354 g/mol. The lowest BCUT2D eigenvalue weighted by Gasteiger charge is -1.97. The van der Waals surface area contributed by atoms with Crippen LogP contribution >= 0.6 is 45.2 Å². The zero-order valence-corrected chi connectivity index (χ0v) is 9.96. The fourth-order valence-corrected chi connectivity index (χ4v) is 2.43. The third-order valence-electron chi connectivity index (χ3n) is 1.16. The molecule has 0 unspecified atom stereocenters. The topological polar surface area (TPSA) is 17.8 Å². The number of rotatable bonds is 2. The first-order valence-electron chi connectivity index (χ1n) is 3.12. The van der Waals surface area contributed by atoms with E-state index in [1.54, 1.807) is 0 Å². The molecule has 1 aromatic rings. The maximum atomic E-state index is 4.27. The Labute approximate surface area is 87.7 Å². The minimum Gasteiger partial charge on any atom is -0.325 e. The SMILES string of the molecule is CCCn1cc(I)nc1I. The zero-order valence-electron chi connectivity index (χ0n) is 5.64. The predicted octanol–water partition coefficient (Wildman–Crippen LogP) is 2.50. The Morgan fingerprint density at radius 2 is 2.30 bits per heavy atom. The van der Waals surface area contributed by atoms with Crippen LogP contribution in [0.3, 0.4) is 0 Å². The lowest BCUT2D eigenvalue weighted by Crippen LogP contribution is -1.96. The van der Waals surface area contributed by atoms with E-state index in [1.807, 2.05) is 0 Å². The number of hydrogen-bond acceptors (Lipinski definition) is 1. The van der Waals surface area contributed by atoms with Gasteiger partial charge in [0.1, 0.15) is 3.70 Å². The Hall–Kier alpha value is 0.670. The summed E-state index contributed by atoms with van der Waals surface area (Å²) in [6, 6.07) is 0. The van der Waals surface area contributed by atoms with Crippen molar-refractivity contribution in [2.24, 2.45) is 0 Å². The molecule has 0 aromatic carbocycles. The molecule has 0 aliphatic heterocycles. The van der Waals surface area contributed by atoms with Crippen LogP contribution in [0.5, 0.6) is 0 Å². The highest BCUT2D eigenvalue weighted by atomic mass is 127. The van der Waals surface area contributed by atoms with E-state index in [1.165, 1.54) is 6.42 Å². The molecule has 0 aliphatic rings. The summed E-state index contributed by atoms with van der Waals surface area (Å²) >= 11 is 4.48. The Morgan fingerprint density at radius 3 is 2.70 bits per heavy atom. The number of halogens is 2. The minimum absolute atomic E-state index is 1.08. The fourth-order valence-electron chi connectivity index (χ4n) is 0.761. The smallest absolute Gasteiger partial charge is 0.172 e. The van der Waals surface area contributed by atoms with Gasteiger partial charge in [-0.2, -0.15) is 0 Å². The molecule has 1 rings (SSSR count). The van der Waals surface area contributed by atoms with Crippen molar-refractivity contribution < 1.29 is 0 Å². The normalized spacial score (nSPS) is 10.3. The lowest BCUT2D eigenvalue weighted by atomic mass is 10.5. The number of hydrogen-bond donors (Lipinski definition) is 0. The van der Waals surface area contributed by atoms with Crippen molar-refractivity contribution in [1.29, 1.82) is 0 Å². The lowest BCUT2D eigenvalue weighted by molar-refractivity contribution is 0.662. The van der Waals surface area contributed by atoms with Gasteiger partial charge in [0, 0.05) is 12.7 Å². The monoisotopic (exact) mass is 362 g/mol. The van der Waals surface area contributed by atoms with Gasteiger partial charge in [-0.1, -0.05) is 6.92 Å². The van der Waals surface area contributed by atoms with Crippen molar-refractivity contribution in [2.45, 2.75) is 19.9 Å². The van der Waals surface area contributed by atoms with E-state index >= 15 is 0 Å². The standard InChI is InChI=1S/C6H8I2N2/c1-2-3-10-4-5(7)9-6(10)8/h4H,2-3H2,1H3. The molecule has 0 N–H and O–H groups in total. The first kappa shape index (κ1) is 8.76. The third kappa shape index (κ3) is 2.08.